The van der Waals surface area contributed by atoms with E-state index in [9.17, 15) is 9.59 Å². The minimum Gasteiger partial charge on any atom is -0.465 e. The van der Waals surface area contributed by atoms with Crippen molar-refractivity contribution in [2.24, 2.45) is 11.8 Å². The number of ether oxygens (including phenoxy) is 3. The zero-order valence-corrected chi connectivity index (χ0v) is 11.4. The molecule has 1 saturated carbocycles. The van der Waals surface area contributed by atoms with Crippen LogP contribution < -0.4 is 0 Å². The highest BCUT2D eigenvalue weighted by atomic mass is 16.6. The van der Waals surface area contributed by atoms with Gasteiger partial charge in [0.15, 0.2) is 0 Å². The monoisotopic (exact) mass is 268 g/mol. The molecule has 0 aromatic heterocycles. The lowest BCUT2D eigenvalue weighted by atomic mass is 9.78. The van der Waals surface area contributed by atoms with Crippen molar-refractivity contribution in [3.05, 3.63) is 12.2 Å². The zero-order valence-electron chi connectivity index (χ0n) is 11.4. The molecule has 0 N–H and O–H groups in total. The summed E-state index contributed by atoms with van der Waals surface area (Å²) in [5.74, 6) is -0.598. The van der Waals surface area contributed by atoms with E-state index in [-0.39, 0.29) is 23.9 Å². The summed E-state index contributed by atoms with van der Waals surface area (Å²) in [5, 5.41) is 0. The summed E-state index contributed by atoms with van der Waals surface area (Å²) < 4.78 is 16.1. The lowest BCUT2D eigenvalue weighted by Crippen LogP contribution is -2.43. The fourth-order valence-corrected chi connectivity index (χ4v) is 2.73. The van der Waals surface area contributed by atoms with Crippen LogP contribution in [0.5, 0.6) is 0 Å². The molecule has 1 heterocycles. The van der Waals surface area contributed by atoms with Crippen LogP contribution in [0.4, 0.5) is 0 Å². The van der Waals surface area contributed by atoms with Crippen LogP contribution in [0.15, 0.2) is 12.2 Å². The summed E-state index contributed by atoms with van der Waals surface area (Å²) in [6, 6.07) is 0. The van der Waals surface area contributed by atoms with Gasteiger partial charge in [-0.3, -0.25) is 4.79 Å². The Morgan fingerprint density at radius 1 is 1.42 bits per heavy atom. The minimum atomic E-state index is -0.431. The van der Waals surface area contributed by atoms with Crippen LogP contribution in [0.2, 0.25) is 0 Å². The first kappa shape index (κ1) is 14.1. The van der Waals surface area contributed by atoms with Crippen LogP contribution in [0.3, 0.4) is 0 Å². The van der Waals surface area contributed by atoms with Crippen molar-refractivity contribution in [3.8, 4) is 0 Å². The highest BCUT2D eigenvalue weighted by molar-refractivity contribution is 5.87. The number of rotatable bonds is 4. The van der Waals surface area contributed by atoms with E-state index in [1.165, 1.54) is 0 Å². The zero-order chi connectivity index (χ0) is 14.0. The molecule has 4 atom stereocenters. The van der Waals surface area contributed by atoms with Crippen LogP contribution in [0.1, 0.15) is 26.7 Å². The third-order valence-corrected chi connectivity index (χ3v) is 3.74. The molecule has 0 amide bonds. The van der Waals surface area contributed by atoms with Crippen molar-refractivity contribution in [2.45, 2.75) is 38.9 Å². The maximum Gasteiger partial charge on any atom is 0.333 e. The largest absolute Gasteiger partial charge is 0.465 e. The van der Waals surface area contributed by atoms with Crippen molar-refractivity contribution < 1.29 is 23.8 Å². The van der Waals surface area contributed by atoms with E-state index in [1.807, 2.05) is 6.92 Å². The summed E-state index contributed by atoms with van der Waals surface area (Å²) in [6.45, 7) is 8.08. The van der Waals surface area contributed by atoms with E-state index in [2.05, 4.69) is 6.58 Å². The van der Waals surface area contributed by atoms with Gasteiger partial charge >= 0.3 is 11.9 Å². The Hall–Kier alpha value is -1.36. The molecular formula is C14H20O5. The Kier molecular flexibility index (Phi) is 4.24. The van der Waals surface area contributed by atoms with Gasteiger partial charge in [-0.2, -0.15) is 0 Å². The number of fused-ring (bicyclic) bond motifs is 1. The molecule has 5 heteroatoms. The third-order valence-electron chi connectivity index (χ3n) is 3.74. The highest BCUT2D eigenvalue weighted by Crippen LogP contribution is 2.38. The molecule has 0 bridgehead atoms. The fourth-order valence-electron chi connectivity index (χ4n) is 2.73. The van der Waals surface area contributed by atoms with Gasteiger partial charge in [-0.25, -0.2) is 4.79 Å². The Morgan fingerprint density at radius 2 is 2.16 bits per heavy atom. The van der Waals surface area contributed by atoms with Gasteiger partial charge in [-0.1, -0.05) is 6.58 Å². The van der Waals surface area contributed by atoms with Crippen molar-refractivity contribution in [1.29, 1.82) is 0 Å². The number of carbonyl (C=O) groups is 2. The first-order valence-electron chi connectivity index (χ1n) is 6.67. The van der Waals surface area contributed by atoms with E-state index < -0.39 is 12.1 Å². The van der Waals surface area contributed by atoms with Gasteiger partial charge in [0.05, 0.1) is 18.6 Å². The van der Waals surface area contributed by atoms with E-state index >= 15 is 0 Å². The van der Waals surface area contributed by atoms with Gasteiger partial charge < -0.3 is 14.2 Å². The Labute approximate surface area is 112 Å². The second-order valence-electron chi connectivity index (χ2n) is 5.19. The number of cyclic esters (lactones) is 1. The molecule has 1 aliphatic carbocycles. The SMILES string of the molecule is C=C(C)C(=O)OC1CC2C(=O)OCC2CC1OCC. The molecular weight excluding hydrogens is 248 g/mol. The van der Waals surface area contributed by atoms with Crippen LogP contribution in [0.25, 0.3) is 0 Å². The normalized spacial score (nSPS) is 33.5. The summed E-state index contributed by atoms with van der Waals surface area (Å²) in [6.07, 6.45) is 0.617. The van der Waals surface area contributed by atoms with E-state index in [1.54, 1.807) is 6.92 Å². The molecule has 0 aromatic rings. The van der Waals surface area contributed by atoms with Crippen LogP contribution >= 0.6 is 0 Å². The van der Waals surface area contributed by atoms with Gasteiger partial charge in [0.25, 0.3) is 0 Å². The van der Waals surface area contributed by atoms with E-state index in [4.69, 9.17) is 14.2 Å². The standard InChI is InChI=1S/C14H20O5/c1-4-17-11-5-9-7-18-14(16)10(9)6-12(11)19-13(15)8(2)3/h9-12H,2,4-7H2,1,3H3. The highest BCUT2D eigenvalue weighted by Gasteiger charge is 2.47. The Balaban J connectivity index is 2.06. The minimum absolute atomic E-state index is 0.163. The molecule has 4 unspecified atom stereocenters. The van der Waals surface area contributed by atoms with Gasteiger partial charge in [0, 0.05) is 24.5 Å². The molecule has 0 spiro atoms. The average molecular weight is 268 g/mol. The number of hydrogen-bond donors (Lipinski definition) is 0. The van der Waals surface area contributed by atoms with Gasteiger partial charge in [-0.05, 0) is 20.3 Å². The van der Waals surface area contributed by atoms with Crippen molar-refractivity contribution in [3.63, 3.8) is 0 Å². The number of hydrogen-bond acceptors (Lipinski definition) is 5. The predicted octanol–water partition coefficient (Wildman–Crippen LogP) is 1.46. The summed E-state index contributed by atoms with van der Waals surface area (Å²) in [5.41, 5.74) is 0.353. The Morgan fingerprint density at radius 3 is 2.79 bits per heavy atom. The van der Waals surface area contributed by atoms with Crippen molar-refractivity contribution >= 4 is 11.9 Å². The predicted molar refractivity (Wildman–Crippen MR) is 67.3 cm³/mol. The molecule has 2 aliphatic rings. The molecule has 106 valence electrons. The number of carbonyl (C=O) groups excluding carboxylic acids is 2. The summed E-state index contributed by atoms with van der Waals surface area (Å²) in [7, 11) is 0. The summed E-state index contributed by atoms with van der Waals surface area (Å²) in [4.78, 5) is 23.3. The fraction of sp³-hybridized carbons (Fsp3) is 0.714. The van der Waals surface area contributed by atoms with Crippen LogP contribution in [0, 0.1) is 11.8 Å². The van der Waals surface area contributed by atoms with Crippen LogP contribution in [-0.4, -0.2) is 37.4 Å². The van der Waals surface area contributed by atoms with Gasteiger partial charge in [0.1, 0.15) is 6.10 Å². The maximum atomic E-state index is 11.6. The van der Waals surface area contributed by atoms with Gasteiger partial charge in [0.2, 0.25) is 0 Å². The molecule has 1 aliphatic heterocycles. The molecule has 2 fully saturated rings. The maximum absolute atomic E-state index is 11.6. The summed E-state index contributed by atoms with van der Waals surface area (Å²) >= 11 is 0. The lowest BCUT2D eigenvalue weighted by Gasteiger charge is -2.35. The molecule has 19 heavy (non-hydrogen) atoms. The van der Waals surface area contributed by atoms with Gasteiger partial charge in [-0.15, -0.1) is 0 Å². The quantitative estimate of drug-likeness (QED) is 0.570. The molecule has 0 radical (unpaired) electrons. The second kappa shape index (κ2) is 5.74. The molecule has 2 rings (SSSR count). The smallest absolute Gasteiger partial charge is 0.333 e. The Bertz CT molecular complexity index is 389. The van der Waals surface area contributed by atoms with Crippen molar-refractivity contribution in [1.82, 2.24) is 0 Å². The first-order valence-corrected chi connectivity index (χ1v) is 6.67. The van der Waals surface area contributed by atoms with Crippen molar-refractivity contribution in [2.75, 3.05) is 13.2 Å². The van der Waals surface area contributed by atoms with E-state index in [0.717, 1.165) is 0 Å². The lowest BCUT2D eigenvalue weighted by molar-refractivity contribution is -0.162. The first-order chi connectivity index (χ1) is 9.02. The molecule has 0 aromatic carbocycles. The molecule has 5 nitrogen and oxygen atoms in total. The second-order valence-corrected chi connectivity index (χ2v) is 5.19. The van der Waals surface area contributed by atoms with E-state index in [0.29, 0.717) is 31.6 Å². The average Bonchev–Trinajstić information content (AvgIpc) is 2.71. The third kappa shape index (κ3) is 2.97. The topological polar surface area (TPSA) is 61.8 Å². The van der Waals surface area contributed by atoms with Crippen LogP contribution in [-0.2, 0) is 23.8 Å². The number of esters is 2. The molecule has 1 saturated heterocycles.